The van der Waals surface area contributed by atoms with Gasteiger partial charge >= 0.3 is 11.9 Å². The summed E-state index contributed by atoms with van der Waals surface area (Å²) in [5.41, 5.74) is 33.5. The monoisotopic (exact) mass is 1100 g/mol. The summed E-state index contributed by atoms with van der Waals surface area (Å²) in [6.45, 7) is 10.4. The second-order valence-electron chi connectivity index (χ2n) is 18.7. The van der Waals surface area contributed by atoms with Crippen LogP contribution in [-0.4, -0.2) is 167 Å². The number of carbonyl (C=O) groups is 10. The first-order valence-electron chi connectivity index (χ1n) is 24.8. The molecular formula is C45H84N16O12S2. The maximum atomic E-state index is 14.3. The topological polar surface area (TPSA) is 488 Å². The standard InChI is InChI=1S/C45H84N16O12S2/c1-7-24(6)34(61-35(64)25(47)20-74)42(71)58-29(18-22(2)3)39(68)57-30(19-32(62)63)40(69)56-26(12-8-9-15-46)36(65)54-27(13-10-16-52-44(48)49)37(66)55-28(14-11-17-53-45(50)51)38(67)60-33(23(4)5)41(70)59-31(21-75)43(72)73/h22-31,33-34,74-75H,7-21,46-47H2,1-6H3,(H,54,65)(H,55,66)(H,56,69)(H,57,68)(H,58,71)(H,59,70)(H,60,67)(H,61,64)(H,62,63)(H,72,73)(H4,48,49,52)(H4,50,51,53)/t24-,25-,26-,27-,28-,29-,30-,31-,33-,34-/m0/s1. The third-order valence-electron chi connectivity index (χ3n) is 11.5. The van der Waals surface area contributed by atoms with Gasteiger partial charge in [-0.25, -0.2) is 4.79 Å². The fraction of sp³-hybridized carbons (Fsp3) is 0.733. The molecule has 0 fully saturated rings. The molecule has 0 saturated carbocycles. The number of aliphatic imine (C=N–C) groups is 2. The lowest BCUT2D eigenvalue weighted by molar-refractivity contribution is -0.142. The van der Waals surface area contributed by atoms with Gasteiger partial charge in [0.05, 0.1) is 12.5 Å². The van der Waals surface area contributed by atoms with Gasteiger partial charge in [0.25, 0.3) is 0 Å². The third-order valence-corrected chi connectivity index (χ3v) is 12.2. The number of unbranched alkanes of at least 4 members (excludes halogenated alkanes) is 1. The van der Waals surface area contributed by atoms with Gasteiger partial charge in [0.2, 0.25) is 47.3 Å². The Kier molecular flexibility index (Phi) is 33.7. The number of nitrogens with two attached hydrogens (primary N) is 6. The number of carboxylic acids is 2. The van der Waals surface area contributed by atoms with Crippen LogP contribution in [0.25, 0.3) is 0 Å². The number of thiol groups is 2. The zero-order chi connectivity index (χ0) is 57.5. The van der Waals surface area contributed by atoms with Crippen LogP contribution in [0.2, 0.25) is 0 Å². The van der Waals surface area contributed by atoms with E-state index in [1.165, 1.54) is 0 Å². The molecule has 10 atom stereocenters. The molecule has 22 N–H and O–H groups in total. The molecule has 0 aliphatic rings. The first-order valence-corrected chi connectivity index (χ1v) is 26.1. The van der Waals surface area contributed by atoms with Crippen LogP contribution in [0, 0.1) is 17.8 Å². The van der Waals surface area contributed by atoms with Crippen molar-refractivity contribution in [2.75, 3.05) is 31.1 Å². The first kappa shape index (κ1) is 68.9. The summed E-state index contributed by atoms with van der Waals surface area (Å²) in [5.74, 6) is -11.9. The second-order valence-corrected chi connectivity index (χ2v) is 19.4. The number of hydrogen-bond donors (Lipinski definition) is 18. The fourth-order valence-corrected chi connectivity index (χ4v) is 7.44. The number of carbonyl (C=O) groups excluding carboxylic acids is 8. The summed E-state index contributed by atoms with van der Waals surface area (Å²) in [5, 5.41) is 39.6. The van der Waals surface area contributed by atoms with Crippen molar-refractivity contribution in [2.24, 2.45) is 62.1 Å². The van der Waals surface area contributed by atoms with Crippen molar-refractivity contribution in [2.45, 2.75) is 160 Å². The van der Waals surface area contributed by atoms with Gasteiger partial charge in [-0.15, -0.1) is 0 Å². The zero-order valence-electron chi connectivity index (χ0n) is 43.8. The summed E-state index contributed by atoms with van der Waals surface area (Å²) in [6, 6.07) is -12.3. The lowest BCUT2D eigenvalue weighted by Gasteiger charge is -2.29. The number of carboxylic acid groups (broad SMARTS) is 2. The molecule has 0 aliphatic heterocycles. The first-order chi connectivity index (χ1) is 35.1. The molecule has 30 heteroatoms. The van der Waals surface area contributed by atoms with Crippen molar-refractivity contribution in [3.05, 3.63) is 0 Å². The Morgan fingerprint density at radius 2 is 0.907 bits per heavy atom. The van der Waals surface area contributed by atoms with E-state index in [2.05, 4.69) is 77.8 Å². The van der Waals surface area contributed by atoms with Crippen molar-refractivity contribution in [3.63, 3.8) is 0 Å². The number of guanidine groups is 2. The Bertz CT molecular complexity index is 1960. The smallest absolute Gasteiger partial charge is 0.327 e. The number of hydrogen-bond acceptors (Lipinski definition) is 16. The van der Waals surface area contributed by atoms with Crippen LogP contribution in [0.4, 0.5) is 0 Å². The SMILES string of the molecule is CC[C@H](C)[C@H](NC(=O)[C@@H](N)CS)C(=O)N[C@@H](CC(C)C)C(=O)N[C@@H](CC(=O)O)C(=O)N[C@@H](CCCCN)C(=O)N[C@@H](CCCN=C(N)N)C(=O)N[C@@H](CCCN=C(N)N)C(=O)N[C@H](C(=O)N[C@@H](CS)C(=O)O)C(C)C. The summed E-state index contributed by atoms with van der Waals surface area (Å²) in [7, 11) is 0. The minimum atomic E-state index is -1.81. The van der Waals surface area contributed by atoms with Crippen molar-refractivity contribution >= 4 is 96.4 Å². The van der Waals surface area contributed by atoms with Crippen molar-refractivity contribution < 1.29 is 58.2 Å². The van der Waals surface area contributed by atoms with Gasteiger partial charge in [0.15, 0.2) is 11.9 Å². The van der Waals surface area contributed by atoms with Gasteiger partial charge in [0, 0.05) is 24.6 Å². The fourth-order valence-electron chi connectivity index (χ4n) is 7.02. The number of amides is 8. The molecular weight excluding hydrogens is 1020 g/mol. The molecule has 0 saturated heterocycles. The molecule has 0 rings (SSSR count). The van der Waals surface area contributed by atoms with E-state index in [0.29, 0.717) is 12.8 Å². The third kappa shape index (κ3) is 27.8. The molecule has 0 bridgehead atoms. The van der Waals surface area contributed by atoms with E-state index in [1.807, 2.05) is 0 Å². The molecule has 0 aromatic carbocycles. The summed E-state index contributed by atoms with van der Waals surface area (Å²) in [6.07, 6.45) is -0.0614. The van der Waals surface area contributed by atoms with Gasteiger partial charge in [-0.3, -0.25) is 53.1 Å². The summed E-state index contributed by atoms with van der Waals surface area (Å²) in [4.78, 5) is 142. The van der Waals surface area contributed by atoms with Crippen molar-refractivity contribution in [1.29, 1.82) is 0 Å². The number of nitrogens with zero attached hydrogens (tertiary/aromatic N) is 2. The molecule has 0 unspecified atom stereocenters. The largest absolute Gasteiger partial charge is 0.481 e. The quantitative estimate of drug-likeness (QED) is 0.0120. The van der Waals surface area contributed by atoms with Crippen molar-refractivity contribution in [1.82, 2.24) is 42.5 Å². The molecule has 0 aromatic rings. The lowest BCUT2D eigenvalue weighted by atomic mass is 9.96. The van der Waals surface area contributed by atoms with Crippen LogP contribution >= 0.6 is 25.3 Å². The van der Waals surface area contributed by atoms with Crippen LogP contribution in [-0.2, 0) is 47.9 Å². The normalized spacial score (nSPS) is 15.1. The van der Waals surface area contributed by atoms with E-state index in [9.17, 15) is 58.2 Å². The summed E-state index contributed by atoms with van der Waals surface area (Å²) < 4.78 is 0. The van der Waals surface area contributed by atoms with E-state index >= 15 is 0 Å². The highest BCUT2D eigenvalue weighted by Crippen LogP contribution is 2.14. The highest BCUT2D eigenvalue weighted by atomic mass is 32.1. The molecule has 428 valence electrons. The lowest BCUT2D eigenvalue weighted by Crippen LogP contribution is -2.61. The molecule has 0 spiro atoms. The Balaban J connectivity index is 7.03. The van der Waals surface area contributed by atoms with Crippen LogP contribution in [0.5, 0.6) is 0 Å². The molecule has 28 nitrogen and oxygen atoms in total. The van der Waals surface area contributed by atoms with Crippen molar-refractivity contribution in [3.8, 4) is 0 Å². The Morgan fingerprint density at radius 1 is 0.507 bits per heavy atom. The average Bonchev–Trinajstić information content (AvgIpc) is 3.33. The minimum absolute atomic E-state index is 0.0104. The number of nitrogens with one attached hydrogen (secondary N) is 8. The van der Waals surface area contributed by atoms with E-state index in [4.69, 9.17) is 34.4 Å². The highest BCUT2D eigenvalue weighted by Gasteiger charge is 2.36. The molecule has 0 aromatic heterocycles. The molecule has 0 heterocycles. The van der Waals surface area contributed by atoms with Crippen LogP contribution < -0.4 is 76.9 Å². The van der Waals surface area contributed by atoms with Gasteiger partial charge in [-0.1, -0.05) is 48.0 Å². The maximum Gasteiger partial charge on any atom is 0.327 e. The molecule has 0 aliphatic carbocycles. The average molecular weight is 1110 g/mol. The maximum absolute atomic E-state index is 14.3. The van der Waals surface area contributed by atoms with Crippen LogP contribution in [0.15, 0.2) is 9.98 Å². The summed E-state index contributed by atoms with van der Waals surface area (Å²) >= 11 is 8.02. The second kappa shape index (κ2) is 36.7. The van der Waals surface area contributed by atoms with Gasteiger partial charge in [0.1, 0.15) is 48.3 Å². The van der Waals surface area contributed by atoms with Gasteiger partial charge in [-0.2, -0.15) is 25.3 Å². The van der Waals surface area contributed by atoms with Gasteiger partial charge in [-0.05, 0) is 75.7 Å². The molecule has 0 radical (unpaired) electrons. The van der Waals surface area contributed by atoms with Crippen LogP contribution in [0.1, 0.15) is 106 Å². The highest BCUT2D eigenvalue weighted by molar-refractivity contribution is 7.80. The van der Waals surface area contributed by atoms with E-state index < -0.39 is 132 Å². The molecule has 75 heavy (non-hydrogen) atoms. The van der Waals surface area contributed by atoms with E-state index in [1.54, 1.807) is 41.5 Å². The zero-order valence-corrected chi connectivity index (χ0v) is 45.6. The number of rotatable bonds is 38. The Labute approximate surface area is 449 Å². The Hall–Kier alpha value is -6.14. The minimum Gasteiger partial charge on any atom is -0.481 e. The molecule has 8 amide bonds. The predicted molar refractivity (Wildman–Crippen MR) is 287 cm³/mol. The predicted octanol–water partition coefficient (Wildman–Crippen LogP) is -4.40. The van der Waals surface area contributed by atoms with Gasteiger partial charge < -0.3 is 87.1 Å². The Morgan fingerprint density at radius 3 is 1.31 bits per heavy atom. The number of aliphatic carboxylic acids is 2. The van der Waals surface area contributed by atoms with Crippen LogP contribution in [0.3, 0.4) is 0 Å². The van der Waals surface area contributed by atoms with E-state index in [-0.39, 0.29) is 93.9 Å². The van der Waals surface area contributed by atoms with E-state index in [0.717, 1.165) is 0 Å².